The van der Waals surface area contributed by atoms with Crippen molar-refractivity contribution in [2.45, 2.75) is 31.8 Å². The molecule has 0 atom stereocenters. The molecule has 0 spiro atoms. The van der Waals surface area contributed by atoms with Crippen molar-refractivity contribution < 1.29 is 31.1 Å². The topological polar surface area (TPSA) is 72.5 Å². The number of esters is 1. The Balaban J connectivity index is 4.82. The second kappa shape index (κ2) is 5.27. The van der Waals surface area contributed by atoms with Gasteiger partial charge in [0.1, 0.15) is 11.4 Å². The molecule has 0 rings (SSSR count). The second-order valence-electron chi connectivity index (χ2n) is 4.22. The van der Waals surface area contributed by atoms with Gasteiger partial charge < -0.3 is 4.74 Å². The lowest BCUT2D eigenvalue weighted by molar-refractivity contribution is -0.140. The van der Waals surface area contributed by atoms with E-state index in [4.69, 9.17) is 0 Å². The Morgan fingerprint density at radius 1 is 1.33 bits per heavy atom. The molecule has 9 heteroatoms. The maximum absolute atomic E-state index is 12.0. The number of halogens is 3. The minimum Gasteiger partial charge on any atom is -0.461 e. The molecule has 0 bridgehead atoms. The molecule has 106 valence electrons. The predicted octanol–water partition coefficient (Wildman–Crippen LogP) is 1.32. The molecule has 0 aromatic rings. The van der Waals surface area contributed by atoms with Crippen molar-refractivity contribution >= 4 is 16.0 Å². The summed E-state index contributed by atoms with van der Waals surface area (Å²) in [5, 5.41) is 0. The van der Waals surface area contributed by atoms with Gasteiger partial charge in [-0.15, -0.1) is 4.72 Å². The number of hydrogen-bond acceptors (Lipinski definition) is 4. The van der Waals surface area contributed by atoms with Crippen molar-refractivity contribution in [1.29, 1.82) is 0 Å². The number of carbonyl (C=O) groups is 1. The van der Waals surface area contributed by atoms with E-state index in [1.54, 1.807) is 0 Å². The molecule has 0 amide bonds. The van der Waals surface area contributed by atoms with Crippen LogP contribution in [0.2, 0.25) is 0 Å². The van der Waals surface area contributed by atoms with Gasteiger partial charge in [0.25, 0.3) is 0 Å². The highest BCUT2D eigenvalue weighted by molar-refractivity contribution is 7.90. The average molecular weight is 289 g/mol. The summed E-state index contributed by atoms with van der Waals surface area (Å²) < 4.78 is 62.0. The molecule has 0 aromatic carbocycles. The Bertz CT molecular complexity index is 439. The number of sulfonamides is 1. The largest absolute Gasteiger partial charge is 0.470 e. The Morgan fingerprint density at radius 3 is 2.11 bits per heavy atom. The SMILES string of the molecule is C=C(C)C(=O)OCC(C)(C)S(=O)(=O)NC(F)(F)F. The predicted molar refractivity (Wildman–Crippen MR) is 58.0 cm³/mol. The molecule has 5 nitrogen and oxygen atoms in total. The van der Waals surface area contributed by atoms with Crippen LogP contribution in [0.4, 0.5) is 13.2 Å². The molecule has 0 saturated carbocycles. The summed E-state index contributed by atoms with van der Waals surface area (Å²) in [6.45, 7) is 5.88. The van der Waals surface area contributed by atoms with E-state index in [0.717, 1.165) is 13.8 Å². The third-order valence-corrected chi connectivity index (χ3v) is 3.95. The van der Waals surface area contributed by atoms with Gasteiger partial charge in [0.05, 0.1) is 0 Å². The maximum atomic E-state index is 12.0. The van der Waals surface area contributed by atoms with Crippen molar-refractivity contribution in [2.24, 2.45) is 0 Å². The smallest absolute Gasteiger partial charge is 0.461 e. The van der Waals surface area contributed by atoms with Crippen molar-refractivity contribution in [3.05, 3.63) is 12.2 Å². The molecule has 0 radical (unpaired) electrons. The lowest BCUT2D eigenvalue weighted by atomic mass is 10.2. The van der Waals surface area contributed by atoms with Crippen LogP contribution >= 0.6 is 0 Å². The summed E-state index contributed by atoms with van der Waals surface area (Å²) in [7, 11) is -4.72. The van der Waals surface area contributed by atoms with E-state index < -0.39 is 33.6 Å². The van der Waals surface area contributed by atoms with Crippen LogP contribution in [0, 0.1) is 0 Å². The molecule has 0 aliphatic rings. The number of hydrogen-bond donors (Lipinski definition) is 1. The van der Waals surface area contributed by atoms with Crippen LogP contribution in [-0.2, 0) is 19.6 Å². The third kappa shape index (κ3) is 5.05. The first-order valence-corrected chi connectivity index (χ1v) is 6.20. The van der Waals surface area contributed by atoms with E-state index in [1.807, 2.05) is 0 Å². The fraction of sp³-hybridized carbons (Fsp3) is 0.667. The van der Waals surface area contributed by atoms with Gasteiger partial charge in [-0.1, -0.05) is 6.58 Å². The Labute approximate surface area is 103 Å². The highest BCUT2D eigenvalue weighted by Crippen LogP contribution is 2.21. The summed E-state index contributed by atoms with van der Waals surface area (Å²) in [5.74, 6) is -0.870. The van der Waals surface area contributed by atoms with Crippen molar-refractivity contribution in [3.63, 3.8) is 0 Å². The first kappa shape index (κ1) is 16.9. The van der Waals surface area contributed by atoms with Crippen molar-refractivity contribution in [1.82, 2.24) is 4.72 Å². The van der Waals surface area contributed by atoms with Crippen LogP contribution in [0.1, 0.15) is 20.8 Å². The molecule has 0 aromatic heterocycles. The highest BCUT2D eigenvalue weighted by Gasteiger charge is 2.43. The van der Waals surface area contributed by atoms with E-state index in [9.17, 15) is 26.4 Å². The van der Waals surface area contributed by atoms with E-state index in [2.05, 4.69) is 11.3 Å². The Morgan fingerprint density at radius 2 is 1.78 bits per heavy atom. The fourth-order valence-electron chi connectivity index (χ4n) is 0.731. The highest BCUT2D eigenvalue weighted by atomic mass is 32.2. The van der Waals surface area contributed by atoms with Crippen LogP contribution in [0.3, 0.4) is 0 Å². The summed E-state index contributed by atoms with van der Waals surface area (Å²) >= 11 is 0. The number of nitrogens with one attached hydrogen (secondary N) is 1. The molecule has 0 aliphatic heterocycles. The molecular formula is C9H14F3NO4S. The third-order valence-electron chi connectivity index (χ3n) is 1.88. The lowest BCUT2D eigenvalue weighted by Crippen LogP contribution is -2.50. The molecule has 0 fully saturated rings. The normalized spacial score (nSPS) is 13.2. The van der Waals surface area contributed by atoms with E-state index in [1.165, 1.54) is 6.92 Å². The van der Waals surface area contributed by atoms with Crippen LogP contribution in [0.5, 0.6) is 0 Å². The van der Waals surface area contributed by atoms with Gasteiger partial charge in [-0.3, -0.25) is 0 Å². The zero-order valence-electron chi connectivity index (χ0n) is 10.1. The summed E-state index contributed by atoms with van der Waals surface area (Å²) in [4.78, 5) is 11.0. The summed E-state index contributed by atoms with van der Waals surface area (Å²) in [5.41, 5.74) is 0.0204. The standard InChI is InChI=1S/C9H14F3NO4S/c1-6(2)7(14)17-5-8(3,4)18(15,16)13-9(10,11)12/h13H,1,5H2,2-4H3. The summed E-state index contributed by atoms with van der Waals surface area (Å²) in [6, 6.07) is 0. The zero-order valence-corrected chi connectivity index (χ0v) is 10.9. The molecule has 18 heavy (non-hydrogen) atoms. The fourth-order valence-corrected chi connectivity index (χ4v) is 1.53. The average Bonchev–Trinajstić information content (AvgIpc) is 2.09. The lowest BCUT2D eigenvalue weighted by Gasteiger charge is -2.25. The van der Waals surface area contributed by atoms with Gasteiger partial charge in [0.2, 0.25) is 10.0 Å². The first-order chi connectivity index (χ1) is 7.78. The van der Waals surface area contributed by atoms with E-state index >= 15 is 0 Å². The number of carbonyl (C=O) groups excluding carboxylic acids is 1. The quantitative estimate of drug-likeness (QED) is 0.471. The van der Waals surface area contributed by atoms with E-state index in [-0.39, 0.29) is 5.57 Å². The van der Waals surface area contributed by atoms with Crippen LogP contribution in [-0.4, -0.2) is 32.0 Å². The van der Waals surface area contributed by atoms with Gasteiger partial charge >= 0.3 is 12.3 Å². The zero-order chi connectivity index (χ0) is 14.8. The molecule has 1 N–H and O–H groups in total. The molecule has 0 unspecified atom stereocenters. The van der Waals surface area contributed by atoms with Gasteiger partial charge in [-0.2, -0.15) is 13.2 Å². The maximum Gasteiger partial charge on any atom is 0.470 e. The monoisotopic (exact) mass is 289 g/mol. The second-order valence-corrected chi connectivity index (χ2v) is 6.54. The van der Waals surface area contributed by atoms with Gasteiger partial charge in [0, 0.05) is 5.57 Å². The summed E-state index contributed by atoms with van der Waals surface area (Å²) in [6.07, 6.45) is -5.07. The van der Waals surface area contributed by atoms with E-state index in [0.29, 0.717) is 4.72 Å². The minimum atomic E-state index is -5.07. The number of alkyl halides is 3. The molecule has 0 aliphatic carbocycles. The van der Waals surface area contributed by atoms with Gasteiger partial charge in [0.15, 0.2) is 0 Å². The minimum absolute atomic E-state index is 0.0204. The van der Waals surface area contributed by atoms with Crippen LogP contribution in [0.25, 0.3) is 0 Å². The number of ether oxygens (including phenoxy) is 1. The Kier molecular flexibility index (Phi) is 4.95. The molecule has 0 heterocycles. The van der Waals surface area contributed by atoms with Gasteiger partial charge in [-0.25, -0.2) is 13.2 Å². The van der Waals surface area contributed by atoms with Crippen LogP contribution < -0.4 is 4.72 Å². The van der Waals surface area contributed by atoms with Crippen molar-refractivity contribution in [2.75, 3.05) is 6.61 Å². The molecule has 0 saturated heterocycles. The first-order valence-electron chi connectivity index (χ1n) is 4.71. The number of rotatable bonds is 5. The van der Waals surface area contributed by atoms with Crippen molar-refractivity contribution in [3.8, 4) is 0 Å². The molecular weight excluding hydrogens is 275 g/mol. The van der Waals surface area contributed by atoms with Gasteiger partial charge in [-0.05, 0) is 20.8 Å². The Hall–Kier alpha value is -1.09. The van der Waals surface area contributed by atoms with Crippen LogP contribution in [0.15, 0.2) is 12.2 Å².